The average molecular weight is 335 g/mol. The first-order chi connectivity index (χ1) is 9.63. The second kappa shape index (κ2) is 5.28. The second-order valence-electron chi connectivity index (χ2n) is 5.01. The monoisotopic (exact) mass is 334 g/mol. The molecule has 1 aliphatic rings. The number of anilines is 2. The zero-order valence-corrected chi connectivity index (χ0v) is 12.6. The van der Waals surface area contributed by atoms with Gasteiger partial charge in [0.25, 0.3) is 0 Å². The van der Waals surface area contributed by atoms with Gasteiger partial charge in [-0.05, 0) is 37.5 Å². The second-order valence-corrected chi connectivity index (χ2v) is 5.87. The van der Waals surface area contributed by atoms with E-state index in [2.05, 4.69) is 36.8 Å². The highest BCUT2D eigenvalue weighted by Crippen LogP contribution is 2.42. The van der Waals surface area contributed by atoms with Crippen molar-refractivity contribution < 1.29 is 4.79 Å². The molecule has 0 spiro atoms. The number of aromatic amines is 1. The van der Waals surface area contributed by atoms with Gasteiger partial charge in [-0.2, -0.15) is 5.10 Å². The number of H-pyrrole nitrogens is 1. The van der Waals surface area contributed by atoms with Crippen LogP contribution in [0.15, 0.2) is 28.9 Å². The Hall–Kier alpha value is -1.82. The number of hydrogen-bond donors (Lipinski definition) is 3. The maximum absolute atomic E-state index is 12.0. The van der Waals surface area contributed by atoms with Crippen LogP contribution in [0.25, 0.3) is 0 Å². The summed E-state index contributed by atoms with van der Waals surface area (Å²) in [6, 6.07) is 5.44. The number of rotatable bonds is 3. The van der Waals surface area contributed by atoms with Gasteiger partial charge < -0.3 is 10.6 Å². The quantitative estimate of drug-likeness (QED) is 0.793. The molecule has 0 bridgehead atoms. The standard InChI is InChI=1S/C14H15BrN4O/c1-8-2-5-10(6-11(8)15)17-14(20)18-12-7-16-19-13(12)9-3-4-9/h2,5-7,9H,3-4H2,1H3,(H,16,19)(H2,17,18,20). The van der Waals surface area contributed by atoms with Gasteiger partial charge in [0.1, 0.15) is 0 Å². The molecule has 1 aromatic carbocycles. The van der Waals surface area contributed by atoms with Crippen LogP contribution in [0.1, 0.15) is 30.0 Å². The van der Waals surface area contributed by atoms with Crippen molar-refractivity contribution in [2.75, 3.05) is 10.6 Å². The van der Waals surface area contributed by atoms with E-state index >= 15 is 0 Å². The summed E-state index contributed by atoms with van der Waals surface area (Å²) < 4.78 is 0.970. The number of aryl methyl sites for hydroxylation is 1. The Bertz CT molecular complexity index is 648. The highest BCUT2D eigenvalue weighted by molar-refractivity contribution is 9.10. The highest BCUT2D eigenvalue weighted by Gasteiger charge is 2.28. The van der Waals surface area contributed by atoms with Gasteiger partial charge in [0.05, 0.1) is 17.6 Å². The summed E-state index contributed by atoms with van der Waals surface area (Å²) in [4.78, 5) is 12.0. The van der Waals surface area contributed by atoms with Crippen LogP contribution in [0.3, 0.4) is 0 Å². The molecule has 1 heterocycles. The van der Waals surface area contributed by atoms with E-state index in [-0.39, 0.29) is 6.03 Å². The van der Waals surface area contributed by atoms with Gasteiger partial charge >= 0.3 is 6.03 Å². The van der Waals surface area contributed by atoms with Crippen molar-refractivity contribution in [2.24, 2.45) is 0 Å². The minimum Gasteiger partial charge on any atom is -0.308 e. The van der Waals surface area contributed by atoms with Gasteiger partial charge in [-0.3, -0.25) is 5.10 Å². The predicted molar refractivity (Wildman–Crippen MR) is 82.1 cm³/mol. The molecule has 3 N–H and O–H groups in total. The van der Waals surface area contributed by atoms with Crippen LogP contribution in [0.2, 0.25) is 0 Å². The van der Waals surface area contributed by atoms with Gasteiger partial charge in [-0.15, -0.1) is 0 Å². The maximum Gasteiger partial charge on any atom is 0.323 e. The van der Waals surface area contributed by atoms with Gasteiger partial charge in [-0.1, -0.05) is 22.0 Å². The number of benzene rings is 1. The molecule has 0 unspecified atom stereocenters. The third-order valence-electron chi connectivity index (χ3n) is 3.33. The van der Waals surface area contributed by atoms with Crippen LogP contribution >= 0.6 is 15.9 Å². The zero-order valence-electron chi connectivity index (χ0n) is 11.0. The lowest BCUT2D eigenvalue weighted by Gasteiger charge is -2.08. The summed E-state index contributed by atoms with van der Waals surface area (Å²) in [7, 11) is 0. The van der Waals surface area contributed by atoms with Crippen LogP contribution in [-0.2, 0) is 0 Å². The first-order valence-electron chi connectivity index (χ1n) is 6.51. The molecule has 5 nitrogen and oxygen atoms in total. The molecule has 2 amide bonds. The molecule has 104 valence electrons. The van der Waals surface area contributed by atoms with Gasteiger partial charge in [-0.25, -0.2) is 4.79 Å². The topological polar surface area (TPSA) is 69.8 Å². The number of carbonyl (C=O) groups excluding carboxylic acids is 1. The Morgan fingerprint density at radius 1 is 1.40 bits per heavy atom. The normalized spacial score (nSPS) is 14.1. The number of urea groups is 1. The minimum absolute atomic E-state index is 0.260. The van der Waals surface area contributed by atoms with Gasteiger partial charge in [0, 0.05) is 16.1 Å². The lowest BCUT2D eigenvalue weighted by Crippen LogP contribution is -2.19. The molecule has 0 atom stereocenters. The molecule has 2 aromatic rings. The third kappa shape index (κ3) is 2.85. The molecule has 6 heteroatoms. The Labute approximate surface area is 125 Å². The van der Waals surface area contributed by atoms with Crippen molar-refractivity contribution in [2.45, 2.75) is 25.7 Å². The summed E-state index contributed by atoms with van der Waals surface area (Å²) >= 11 is 3.45. The lowest BCUT2D eigenvalue weighted by atomic mass is 10.2. The first kappa shape index (κ1) is 13.2. The first-order valence-corrected chi connectivity index (χ1v) is 7.30. The smallest absolute Gasteiger partial charge is 0.308 e. The summed E-state index contributed by atoms with van der Waals surface area (Å²) in [5.41, 5.74) is 3.65. The maximum atomic E-state index is 12.0. The summed E-state index contributed by atoms with van der Waals surface area (Å²) in [5, 5.41) is 12.6. The van der Waals surface area contributed by atoms with Crippen LogP contribution in [0.4, 0.5) is 16.2 Å². The summed E-state index contributed by atoms with van der Waals surface area (Å²) in [6.45, 7) is 2.00. The van der Waals surface area contributed by atoms with E-state index in [9.17, 15) is 4.79 Å². The van der Waals surface area contributed by atoms with Crippen LogP contribution in [0, 0.1) is 6.92 Å². The Morgan fingerprint density at radius 2 is 2.20 bits per heavy atom. The number of nitrogens with one attached hydrogen (secondary N) is 3. The molecule has 20 heavy (non-hydrogen) atoms. The molecule has 1 saturated carbocycles. The number of carbonyl (C=O) groups is 1. The van der Waals surface area contributed by atoms with E-state index in [0.717, 1.165) is 39.9 Å². The zero-order chi connectivity index (χ0) is 14.1. The Balaban J connectivity index is 1.67. The van der Waals surface area contributed by atoms with Crippen molar-refractivity contribution in [3.63, 3.8) is 0 Å². The van der Waals surface area contributed by atoms with E-state index in [1.54, 1.807) is 6.20 Å². The van der Waals surface area contributed by atoms with Crippen molar-refractivity contribution in [1.82, 2.24) is 10.2 Å². The molecule has 1 aromatic heterocycles. The highest BCUT2D eigenvalue weighted by atomic mass is 79.9. The largest absolute Gasteiger partial charge is 0.323 e. The average Bonchev–Trinajstić information content (AvgIpc) is 3.15. The molecular weight excluding hydrogens is 320 g/mol. The Kier molecular flexibility index (Phi) is 3.48. The molecule has 0 aliphatic heterocycles. The lowest BCUT2D eigenvalue weighted by molar-refractivity contribution is 0.262. The number of aromatic nitrogens is 2. The molecule has 1 fully saturated rings. The molecule has 3 rings (SSSR count). The summed E-state index contributed by atoms with van der Waals surface area (Å²) in [6.07, 6.45) is 3.96. The molecule has 1 aliphatic carbocycles. The fourth-order valence-electron chi connectivity index (χ4n) is 2.03. The SMILES string of the molecule is Cc1ccc(NC(=O)Nc2cn[nH]c2C2CC2)cc1Br. The summed E-state index contributed by atoms with van der Waals surface area (Å²) in [5.74, 6) is 0.515. The molecule has 0 radical (unpaired) electrons. The number of nitrogens with zero attached hydrogens (tertiary/aromatic N) is 1. The van der Waals surface area contributed by atoms with Crippen molar-refractivity contribution in [1.29, 1.82) is 0 Å². The minimum atomic E-state index is -0.260. The molecular formula is C14H15BrN4O. The van der Waals surface area contributed by atoms with Crippen molar-refractivity contribution in [3.8, 4) is 0 Å². The van der Waals surface area contributed by atoms with E-state index < -0.39 is 0 Å². The van der Waals surface area contributed by atoms with Crippen LogP contribution in [0.5, 0.6) is 0 Å². The van der Waals surface area contributed by atoms with Gasteiger partial charge in [0.15, 0.2) is 0 Å². The fourth-order valence-corrected chi connectivity index (χ4v) is 2.41. The van der Waals surface area contributed by atoms with Crippen molar-refractivity contribution in [3.05, 3.63) is 40.1 Å². The molecule has 0 saturated heterocycles. The number of hydrogen-bond acceptors (Lipinski definition) is 2. The fraction of sp³-hybridized carbons (Fsp3) is 0.286. The third-order valence-corrected chi connectivity index (χ3v) is 4.19. The van der Waals surface area contributed by atoms with Crippen LogP contribution < -0.4 is 10.6 Å². The van der Waals surface area contributed by atoms with Crippen molar-refractivity contribution >= 4 is 33.3 Å². The van der Waals surface area contributed by atoms with E-state index in [0.29, 0.717) is 5.92 Å². The van der Waals surface area contributed by atoms with E-state index in [4.69, 9.17) is 0 Å². The van der Waals surface area contributed by atoms with Gasteiger partial charge in [0.2, 0.25) is 0 Å². The Morgan fingerprint density at radius 3 is 2.90 bits per heavy atom. The van der Waals surface area contributed by atoms with Crippen LogP contribution in [-0.4, -0.2) is 16.2 Å². The predicted octanol–water partition coefficient (Wildman–Crippen LogP) is 4.00. The number of amides is 2. The number of halogens is 1. The van der Waals surface area contributed by atoms with E-state index in [1.165, 1.54) is 0 Å². The van der Waals surface area contributed by atoms with E-state index in [1.807, 2.05) is 25.1 Å².